The minimum atomic E-state index is -0.784. The number of aliphatic imine (C=N–C) groups is 1. The number of hydrogen-bond donors (Lipinski definition) is 0. The van der Waals surface area contributed by atoms with E-state index in [1.54, 1.807) is 26.0 Å². The second-order valence-electron chi connectivity index (χ2n) is 7.98. The van der Waals surface area contributed by atoms with Crippen LogP contribution >= 0.6 is 34.5 Å². The van der Waals surface area contributed by atoms with Crippen LogP contribution in [0.4, 0.5) is 0 Å². The number of esters is 2. The Morgan fingerprint density at radius 2 is 1.74 bits per heavy atom. The van der Waals surface area contributed by atoms with Gasteiger partial charge in [0.1, 0.15) is 10.9 Å². The Morgan fingerprint density at radius 1 is 1.00 bits per heavy atom. The fourth-order valence-corrected chi connectivity index (χ4v) is 5.50. The van der Waals surface area contributed by atoms with Crippen molar-refractivity contribution in [2.45, 2.75) is 19.8 Å². The minimum absolute atomic E-state index is 0.321. The molecule has 0 radical (unpaired) electrons. The van der Waals surface area contributed by atoms with Gasteiger partial charge in [0.25, 0.3) is 0 Å². The molecule has 2 aromatic carbocycles. The molecule has 0 saturated carbocycles. The molecule has 0 saturated heterocycles. The largest absolute Gasteiger partial charge is 0.468 e. The first-order valence-corrected chi connectivity index (χ1v) is 12.3. The molecule has 1 aliphatic heterocycles. The summed E-state index contributed by atoms with van der Waals surface area (Å²) in [7, 11) is 2.64. The molecule has 4 rings (SSSR count). The van der Waals surface area contributed by atoms with Gasteiger partial charge in [-0.2, -0.15) is 0 Å². The molecule has 0 spiro atoms. The van der Waals surface area contributed by atoms with E-state index in [0.717, 1.165) is 27.4 Å². The molecular formula is C26H22Cl2N2O4S. The highest BCUT2D eigenvalue weighted by atomic mass is 35.5. The molecule has 6 nitrogen and oxygen atoms in total. The SMILES string of the molecule is COC(=O)C1=C(C)N=C(C)C(C(=O)OC)C1c1ccccc1-c1nc(-c2ccc(Cl)c(Cl)c2)cs1. The average Bonchev–Trinajstić information content (AvgIpc) is 3.34. The van der Waals surface area contributed by atoms with Crippen LogP contribution in [0.15, 0.2) is 64.1 Å². The number of hydrogen-bond acceptors (Lipinski definition) is 7. The van der Waals surface area contributed by atoms with Crippen molar-refractivity contribution in [1.82, 2.24) is 4.98 Å². The Morgan fingerprint density at radius 3 is 2.43 bits per heavy atom. The van der Waals surface area contributed by atoms with E-state index in [-0.39, 0.29) is 0 Å². The lowest BCUT2D eigenvalue weighted by molar-refractivity contribution is -0.143. The van der Waals surface area contributed by atoms with Gasteiger partial charge in [-0.1, -0.05) is 53.5 Å². The number of aromatic nitrogens is 1. The van der Waals surface area contributed by atoms with Crippen LogP contribution in [-0.4, -0.2) is 36.9 Å². The number of methoxy groups -OCH3 is 2. The molecule has 0 N–H and O–H groups in total. The van der Waals surface area contributed by atoms with Gasteiger partial charge in [-0.05, 0) is 31.5 Å². The highest BCUT2D eigenvalue weighted by Gasteiger charge is 2.43. The molecule has 0 amide bonds. The van der Waals surface area contributed by atoms with E-state index in [1.165, 1.54) is 25.6 Å². The zero-order valence-electron chi connectivity index (χ0n) is 19.5. The number of benzene rings is 2. The normalized spacial score (nSPS) is 17.7. The molecule has 0 bridgehead atoms. The van der Waals surface area contributed by atoms with Gasteiger partial charge in [-0.15, -0.1) is 11.3 Å². The maximum atomic E-state index is 12.9. The molecule has 9 heteroatoms. The Hall–Kier alpha value is -3.00. The smallest absolute Gasteiger partial charge is 0.336 e. The first-order valence-electron chi connectivity index (χ1n) is 10.7. The summed E-state index contributed by atoms with van der Waals surface area (Å²) < 4.78 is 10.2. The molecule has 3 aromatic rings. The van der Waals surface area contributed by atoms with Gasteiger partial charge in [-0.3, -0.25) is 9.79 Å². The standard InChI is InChI=1S/C26H22Cl2N2O4S/c1-13-21(25(31)33-3)23(22(14(2)29-13)26(32)34-4)16-7-5-6-8-17(16)24-30-20(12-35-24)15-9-10-18(27)19(28)11-15/h5-12,21,23H,1-4H3. The van der Waals surface area contributed by atoms with Crippen molar-refractivity contribution in [2.24, 2.45) is 10.9 Å². The van der Waals surface area contributed by atoms with Crippen molar-refractivity contribution in [3.05, 3.63) is 74.7 Å². The third-order valence-corrected chi connectivity index (χ3v) is 7.55. The van der Waals surface area contributed by atoms with Crippen molar-refractivity contribution in [3.8, 4) is 21.8 Å². The summed E-state index contributed by atoms with van der Waals surface area (Å²) in [5.74, 6) is -2.45. The van der Waals surface area contributed by atoms with E-state index in [2.05, 4.69) is 4.99 Å². The Balaban J connectivity index is 1.87. The lowest BCUT2D eigenvalue weighted by Gasteiger charge is -2.32. The van der Waals surface area contributed by atoms with E-state index in [1.807, 2.05) is 35.7 Å². The van der Waals surface area contributed by atoms with Crippen LogP contribution in [-0.2, 0) is 19.1 Å². The molecule has 2 unspecified atom stereocenters. The van der Waals surface area contributed by atoms with E-state index in [0.29, 0.717) is 27.0 Å². The van der Waals surface area contributed by atoms with Crippen molar-refractivity contribution < 1.29 is 19.1 Å². The van der Waals surface area contributed by atoms with Gasteiger partial charge in [0.15, 0.2) is 0 Å². The number of carbonyl (C=O) groups excluding carboxylic acids is 2. The summed E-state index contributed by atoms with van der Waals surface area (Å²) >= 11 is 13.7. The van der Waals surface area contributed by atoms with E-state index in [4.69, 9.17) is 37.7 Å². The van der Waals surface area contributed by atoms with Crippen molar-refractivity contribution in [2.75, 3.05) is 14.2 Å². The summed E-state index contributed by atoms with van der Waals surface area (Å²) in [5.41, 5.74) is 4.52. The van der Waals surface area contributed by atoms with Crippen molar-refractivity contribution in [3.63, 3.8) is 0 Å². The Labute approximate surface area is 217 Å². The van der Waals surface area contributed by atoms with E-state index >= 15 is 0 Å². The van der Waals surface area contributed by atoms with Crippen LogP contribution < -0.4 is 0 Å². The van der Waals surface area contributed by atoms with Gasteiger partial charge < -0.3 is 9.47 Å². The highest BCUT2D eigenvalue weighted by molar-refractivity contribution is 7.13. The maximum Gasteiger partial charge on any atom is 0.336 e. The average molecular weight is 529 g/mol. The second kappa shape index (κ2) is 10.3. The molecule has 35 heavy (non-hydrogen) atoms. The second-order valence-corrected chi connectivity index (χ2v) is 9.65. The number of halogens is 2. The zero-order valence-corrected chi connectivity index (χ0v) is 21.8. The fraction of sp³-hybridized carbons (Fsp3) is 0.231. The van der Waals surface area contributed by atoms with Gasteiger partial charge in [0.05, 0.1) is 35.5 Å². The van der Waals surface area contributed by atoms with Crippen molar-refractivity contribution in [1.29, 1.82) is 0 Å². The van der Waals surface area contributed by atoms with Crippen LogP contribution in [0, 0.1) is 5.92 Å². The maximum absolute atomic E-state index is 12.9. The summed E-state index contributed by atoms with van der Waals surface area (Å²) in [6.07, 6.45) is 0. The topological polar surface area (TPSA) is 77.8 Å². The van der Waals surface area contributed by atoms with Crippen LogP contribution in [0.25, 0.3) is 21.8 Å². The number of rotatable bonds is 5. The minimum Gasteiger partial charge on any atom is -0.468 e. The Bertz CT molecular complexity index is 1380. The molecule has 2 heterocycles. The Kier molecular flexibility index (Phi) is 7.40. The summed E-state index contributed by atoms with van der Waals surface area (Å²) in [6.45, 7) is 3.51. The quantitative estimate of drug-likeness (QED) is 0.349. The zero-order chi connectivity index (χ0) is 25.3. The molecule has 0 fully saturated rings. The predicted octanol–water partition coefficient (Wildman–Crippen LogP) is 6.58. The van der Waals surface area contributed by atoms with E-state index in [9.17, 15) is 9.59 Å². The van der Waals surface area contributed by atoms with Crippen LogP contribution in [0.3, 0.4) is 0 Å². The van der Waals surface area contributed by atoms with Crippen molar-refractivity contribution >= 4 is 52.2 Å². The lowest BCUT2D eigenvalue weighted by Crippen LogP contribution is -2.36. The number of nitrogens with zero attached hydrogens (tertiary/aromatic N) is 2. The van der Waals surface area contributed by atoms with E-state index < -0.39 is 23.8 Å². The van der Waals surface area contributed by atoms with Crippen LogP contribution in [0.1, 0.15) is 25.3 Å². The van der Waals surface area contributed by atoms with Crippen LogP contribution in [0.2, 0.25) is 10.0 Å². The number of ether oxygens (including phenoxy) is 2. The number of allylic oxidation sites excluding steroid dienone is 1. The summed E-state index contributed by atoms with van der Waals surface area (Å²) in [6, 6.07) is 12.9. The van der Waals surface area contributed by atoms with Gasteiger partial charge >= 0.3 is 11.9 Å². The lowest BCUT2D eigenvalue weighted by atomic mass is 9.74. The number of carbonyl (C=O) groups is 2. The molecule has 1 aliphatic rings. The van der Waals surface area contributed by atoms with Gasteiger partial charge in [0.2, 0.25) is 0 Å². The highest BCUT2D eigenvalue weighted by Crippen LogP contribution is 2.44. The molecule has 2 atom stereocenters. The van der Waals surface area contributed by atoms with Gasteiger partial charge in [0, 0.05) is 33.8 Å². The predicted molar refractivity (Wildman–Crippen MR) is 139 cm³/mol. The monoisotopic (exact) mass is 528 g/mol. The summed E-state index contributed by atoms with van der Waals surface area (Å²) in [4.78, 5) is 35.1. The summed E-state index contributed by atoms with van der Waals surface area (Å²) in [5, 5.41) is 3.57. The number of thiazole rings is 1. The molecular weight excluding hydrogens is 507 g/mol. The molecule has 0 aliphatic carbocycles. The third kappa shape index (κ3) is 4.76. The van der Waals surface area contributed by atoms with Gasteiger partial charge in [-0.25, -0.2) is 9.78 Å². The third-order valence-electron chi connectivity index (χ3n) is 5.93. The first kappa shape index (κ1) is 25.1. The first-order chi connectivity index (χ1) is 16.8. The molecule has 1 aromatic heterocycles. The van der Waals surface area contributed by atoms with Crippen LogP contribution in [0.5, 0.6) is 0 Å². The fourth-order valence-electron chi connectivity index (χ4n) is 4.33. The molecule has 180 valence electrons.